The average molecular weight is 278 g/mol. The number of carbonyl (C=O) groups is 2. The van der Waals surface area contributed by atoms with Gasteiger partial charge in [0.2, 0.25) is 0 Å². The van der Waals surface area contributed by atoms with E-state index in [1.807, 2.05) is 12.1 Å². The van der Waals surface area contributed by atoms with Gasteiger partial charge in [0.05, 0.1) is 18.1 Å². The Morgan fingerprint density at radius 2 is 2.00 bits per heavy atom. The molecule has 0 atom stereocenters. The summed E-state index contributed by atoms with van der Waals surface area (Å²) in [5, 5.41) is 0. The SMILES string of the molecule is CCOC(=O)CSCC(=O)c1ccc2c(c1)CCC2. The second-order valence-corrected chi connectivity index (χ2v) is 5.54. The van der Waals surface area contributed by atoms with Gasteiger partial charge in [-0.25, -0.2) is 0 Å². The number of carbonyl (C=O) groups excluding carboxylic acids is 2. The van der Waals surface area contributed by atoms with Crippen molar-refractivity contribution in [3.63, 3.8) is 0 Å². The molecule has 0 N–H and O–H groups in total. The number of ether oxygens (including phenoxy) is 1. The zero-order chi connectivity index (χ0) is 13.7. The lowest BCUT2D eigenvalue weighted by atomic mass is 10.0. The Labute approximate surface area is 117 Å². The summed E-state index contributed by atoms with van der Waals surface area (Å²) >= 11 is 1.31. The van der Waals surface area contributed by atoms with Crippen molar-refractivity contribution in [2.75, 3.05) is 18.1 Å². The molecule has 0 heterocycles. The summed E-state index contributed by atoms with van der Waals surface area (Å²) in [5.41, 5.74) is 3.44. The van der Waals surface area contributed by atoms with Crippen molar-refractivity contribution in [2.45, 2.75) is 26.2 Å². The molecule has 1 aliphatic rings. The van der Waals surface area contributed by atoms with E-state index in [1.165, 1.54) is 29.3 Å². The molecule has 0 spiro atoms. The number of hydrogen-bond donors (Lipinski definition) is 0. The third kappa shape index (κ3) is 3.83. The summed E-state index contributed by atoms with van der Waals surface area (Å²) in [6.07, 6.45) is 3.39. The van der Waals surface area contributed by atoms with Gasteiger partial charge in [0.1, 0.15) is 0 Å². The van der Waals surface area contributed by atoms with Crippen LogP contribution in [0.3, 0.4) is 0 Å². The van der Waals surface area contributed by atoms with Crippen LogP contribution in [0, 0.1) is 0 Å². The van der Waals surface area contributed by atoms with Gasteiger partial charge >= 0.3 is 5.97 Å². The highest BCUT2D eigenvalue weighted by atomic mass is 32.2. The Bertz CT molecular complexity index is 482. The fourth-order valence-corrected chi connectivity index (χ4v) is 2.96. The van der Waals surface area contributed by atoms with E-state index in [9.17, 15) is 9.59 Å². The summed E-state index contributed by atoms with van der Waals surface area (Å²) in [5.74, 6) is 0.403. The minimum Gasteiger partial charge on any atom is -0.465 e. The van der Waals surface area contributed by atoms with Gasteiger partial charge in [-0.3, -0.25) is 9.59 Å². The van der Waals surface area contributed by atoms with Gasteiger partial charge in [-0.15, -0.1) is 11.8 Å². The normalized spacial score (nSPS) is 13.1. The molecule has 4 heteroatoms. The lowest BCUT2D eigenvalue weighted by Gasteiger charge is -2.04. The van der Waals surface area contributed by atoms with Gasteiger partial charge in [0, 0.05) is 5.56 Å². The van der Waals surface area contributed by atoms with Crippen LogP contribution in [-0.4, -0.2) is 29.9 Å². The van der Waals surface area contributed by atoms with Crippen LogP contribution in [0.5, 0.6) is 0 Å². The van der Waals surface area contributed by atoms with Gasteiger partial charge in [0.25, 0.3) is 0 Å². The standard InChI is InChI=1S/C15H18O3S/c1-2-18-15(17)10-19-9-14(16)13-7-6-11-4-3-5-12(11)8-13/h6-8H,2-5,9-10H2,1H3. The molecule has 0 saturated heterocycles. The third-order valence-electron chi connectivity index (χ3n) is 3.18. The van der Waals surface area contributed by atoms with Crippen LogP contribution in [0.2, 0.25) is 0 Å². The van der Waals surface area contributed by atoms with E-state index in [0.717, 1.165) is 18.4 Å². The molecule has 19 heavy (non-hydrogen) atoms. The van der Waals surface area contributed by atoms with Crippen LogP contribution in [0.25, 0.3) is 0 Å². The third-order valence-corrected chi connectivity index (χ3v) is 4.09. The van der Waals surface area contributed by atoms with Gasteiger partial charge < -0.3 is 4.74 Å². The van der Waals surface area contributed by atoms with Gasteiger partial charge in [-0.1, -0.05) is 12.1 Å². The zero-order valence-electron chi connectivity index (χ0n) is 11.1. The minimum atomic E-state index is -0.255. The number of esters is 1. The molecule has 0 aliphatic heterocycles. The van der Waals surface area contributed by atoms with Gasteiger partial charge in [-0.05, 0) is 43.4 Å². The van der Waals surface area contributed by atoms with E-state index >= 15 is 0 Å². The van der Waals surface area contributed by atoms with Crippen molar-refractivity contribution in [3.8, 4) is 0 Å². The summed E-state index contributed by atoms with van der Waals surface area (Å²) in [4.78, 5) is 23.2. The molecule has 3 nitrogen and oxygen atoms in total. The van der Waals surface area contributed by atoms with E-state index < -0.39 is 0 Å². The number of benzene rings is 1. The Morgan fingerprint density at radius 1 is 1.21 bits per heavy atom. The zero-order valence-corrected chi connectivity index (χ0v) is 11.9. The molecule has 1 aromatic carbocycles. The van der Waals surface area contributed by atoms with Crippen molar-refractivity contribution in [2.24, 2.45) is 0 Å². The van der Waals surface area contributed by atoms with Crippen LogP contribution in [-0.2, 0) is 22.4 Å². The first kappa shape index (κ1) is 14.1. The molecule has 1 aromatic rings. The summed E-state index contributed by atoms with van der Waals surface area (Å²) in [7, 11) is 0. The van der Waals surface area contributed by atoms with Gasteiger partial charge in [0.15, 0.2) is 5.78 Å². The predicted octanol–water partition coefficient (Wildman–Crippen LogP) is 2.65. The summed E-state index contributed by atoms with van der Waals surface area (Å²) in [6, 6.07) is 5.97. The number of hydrogen-bond acceptors (Lipinski definition) is 4. The Kier molecular flexibility index (Phi) is 5.02. The largest absolute Gasteiger partial charge is 0.465 e. The van der Waals surface area contributed by atoms with Crippen LogP contribution >= 0.6 is 11.8 Å². The molecule has 102 valence electrons. The molecule has 0 fully saturated rings. The number of thioether (sulfide) groups is 1. The maximum Gasteiger partial charge on any atom is 0.315 e. The monoisotopic (exact) mass is 278 g/mol. The van der Waals surface area contributed by atoms with Crippen LogP contribution in [0.1, 0.15) is 34.8 Å². The first-order chi connectivity index (χ1) is 9.20. The van der Waals surface area contributed by atoms with Crippen LogP contribution in [0.15, 0.2) is 18.2 Å². The van der Waals surface area contributed by atoms with E-state index in [-0.39, 0.29) is 17.5 Å². The molecule has 0 bridgehead atoms. The maximum atomic E-state index is 12.0. The molecule has 1 aliphatic carbocycles. The topological polar surface area (TPSA) is 43.4 Å². The van der Waals surface area contributed by atoms with Crippen molar-refractivity contribution >= 4 is 23.5 Å². The quantitative estimate of drug-likeness (QED) is 0.592. The Balaban J connectivity index is 1.85. The van der Waals surface area contributed by atoms with Crippen LogP contribution in [0.4, 0.5) is 0 Å². The molecule has 0 amide bonds. The maximum absolute atomic E-state index is 12.0. The molecule has 0 unspecified atom stereocenters. The van der Waals surface area contributed by atoms with E-state index in [2.05, 4.69) is 6.07 Å². The van der Waals surface area contributed by atoms with Crippen molar-refractivity contribution in [1.82, 2.24) is 0 Å². The smallest absolute Gasteiger partial charge is 0.315 e. The fourth-order valence-electron chi connectivity index (χ4n) is 2.26. The number of aryl methyl sites for hydroxylation is 2. The number of ketones is 1. The molecule has 0 radical (unpaired) electrons. The Morgan fingerprint density at radius 3 is 2.79 bits per heavy atom. The lowest BCUT2D eigenvalue weighted by molar-refractivity contribution is -0.139. The average Bonchev–Trinajstić information content (AvgIpc) is 2.86. The number of Topliss-reactive ketones (excluding diaryl/α,β-unsaturated/α-hetero) is 1. The lowest BCUT2D eigenvalue weighted by Crippen LogP contribution is -2.10. The highest BCUT2D eigenvalue weighted by Gasteiger charge is 2.14. The molecule has 0 aromatic heterocycles. The van der Waals surface area contributed by atoms with Crippen molar-refractivity contribution in [1.29, 1.82) is 0 Å². The van der Waals surface area contributed by atoms with E-state index in [0.29, 0.717) is 12.4 Å². The van der Waals surface area contributed by atoms with Crippen molar-refractivity contribution in [3.05, 3.63) is 34.9 Å². The van der Waals surface area contributed by atoms with E-state index in [1.54, 1.807) is 6.92 Å². The van der Waals surface area contributed by atoms with Crippen molar-refractivity contribution < 1.29 is 14.3 Å². The highest BCUT2D eigenvalue weighted by Crippen LogP contribution is 2.23. The first-order valence-electron chi connectivity index (χ1n) is 6.59. The molecule has 0 saturated carbocycles. The highest BCUT2D eigenvalue weighted by molar-refractivity contribution is 8.00. The minimum absolute atomic E-state index is 0.0870. The molecular formula is C15H18O3S. The second-order valence-electron chi connectivity index (χ2n) is 4.56. The number of rotatable bonds is 6. The summed E-state index contributed by atoms with van der Waals surface area (Å²) in [6.45, 7) is 2.16. The van der Waals surface area contributed by atoms with Gasteiger partial charge in [-0.2, -0.15) is 0 Å². The Hall–Kier alpha value is -1.29. The second kappa shape index (κ2) is 6.75. The van der Waals surface area contributed by atoms with Crippen LogP contribution < -0.4 is 0 Å². The first-order valence-corrected chi connectivity index (χ1v) is 7.74. The molecular weight excluding hydrogens is 260 g/mol. The van der Waals surface area contributed by atoms with E-state index in [4.69, 9.17) is 4.74 Å². The summed E-state index contributed by atoms with van der Waals surface area (Å²) < 4.78 is 4.82. The predicted molar refractivity (Wildman–Crippen MR) is 76.8 cm³/mol. The fraction of sp³-hybridized carbons (Fsp3) is 0.467. The molecule has 2 rings (SSSR count). The number of fused-ring (bicyclic) bond motifs is 1.